The molecule has 0 aliphatic heterocycles. The molecule has 2 rings (SSSR count). The normalized spacial score (nSPS) is 11.8. The van der Waals surface area contributed by atoms with Gasteiger partial charge in [-0.3, -0.25) is 0 Å². The Morgan fingerprint density at radius 3 is 1.48 bits per heavy atom. The van der Waals surface area contributed by atoms with Gasteiger partial charge in [0.05, 0.1) is 0 Å². The van der Waals surface area contributed by atoms with Gasteiger partial charge in [-0.15, -0.1) is 0 Å². The van der Waals surface area contributed by atoms with E-state index in [0.717, 1.165) is 10.4 Å². The van der Waals surface area contributed by atoms with Crippen molar-refractivity contribution < 1.29 is 17.4 Å². The summed E-state index contributed by atoms with van der Waals surface area (Å²) >= 11 is 0. The monoisotopic (exact) mass is 320 g/mol. The first kappa shape index (κ1) is 16.1. The van der Waals surface area contributed by atoms with Gasteiger partial charge in [0.2, 0.25) is 0 Å². The van der Waals surface area contributed by atoms with Crippen LogP contribution < -0.4 is 10.4 Å². The lowest BCUT2D eigenvalue weighted by molar-refractivity contribution is 0.179. The molecular formula is C15H20O4Si2. The molecule has 0 saturated carbocycles. The highest BCUT2D eigenvalue weighted by atomic mass is 28.4. The van der Waals surface area contributed by atoms with E-state index in [0.29, 0.717) is 0 Å². The van der Waals surface area contributed by atoms with E-state index >= 15 is 0 Å². The van der Waals surface area contributed by atoms with Crippen LogP contribution in [0, 0.1) is 0 Å². The van der Waals surface area contributed by atoms with Crippen molar-refractivity contribution in [1.82, 2.24) is 0 Å². The molecule has 6 heteroatoms. The van der Waals surface area contributed by atoms with E-state index in [-0.39, 0.29) is 0 Å². The van der Waals surface area contributed by atoms with Crippen LogP contribution in [0.15, 0.2) is 60.7 Å². The standard InChI is InChI=1S/C15H20O4Si2/c1-16-20(17-2)19-21(18-3,14-10-6-4-7-11-14)15-12-8-5-9-13-15/h4-13,20H,1-3H3. The van der Waals surface area contributed by atoms with E-state index in [1.807, 2.05) is 60.7 Å². The Hall–Kier alpha value is -1.29. The van der Waals surface area contributed by atoms with E-state index in [1.165, 1.54) is 0 Å². The Balaban J connectivity index is 2.51. The summed E-state index contributed by atoms with van der Waals surface area (Å²) in [7, 11) is -0.164. The van der Waals surface area contributed by atoms with Crippen LogP contribution in [0.4, 0.5) is 0 Å². The van der Waals surface area contributed by atoms with Gasteiger partial charge in [-0.1, -0.05) is 60.7 Å². The lowest BCUT2D eigenvalue weighted by Gasteiger charge is -2.32. The second-order valence-electron chi connectivity index (χ2n) is 4.43. The zero-order valence-corrected chi connectivity index (χ0v) is 14.6. The molecule has 0 aliphatic carbocycles. The Kier molecular flexibility index (Phi) is 5.86. The number of hydrogen-bond donors (Lipinski definition) is 0. The maximum atomic E-state index is 6.27. The van der Waals surface area contributed by atoms with Crippen LogP contribution in [0.1, 0.15) is 0 Å². The van der Waals surface area contributed by atoms with Crippen LogP contribution in [0.25, 0.3) is 0 Å². The van der Waals surface area contributed by atoms with Crippen molar-refractivity contribution in [3.63, 3.8) is 0 Å². The average molecular weight is 320 g/mol. The fourth-order valence-corrected chi connectivity index (χ4v) is 7.82. The van der Waals surface area contributed by atoms with Crippen molar-refractivity contribution in [2.24, 2.45) is 0 Å². The third-order valence-corrected chi connectivity index (χ3v) is 8.87. The molecule has 0 saturated heterocycles. The summed E-state index contributed by atoms with van der Waals surface area (Å²) in [4.78, 5) is 0. The van der Waals surface area contributed by atoms with Gasteiger partial charge in [0.15, 0.2) is 0 Å². The Morgan fingerprint density at radius 2 is 1.14 bits per heavy atom. The summed E-state index contributed by atoms with van der Waals surface area (Å²) in [6.45, 7) is 0. The molecule has 112 valence electrons. The van der Waals surface area contributed by atoms with Crippen molar-refractivity contribution in [2.75, 3.05) is 21.3 Å². The van der Waals surface area contributed by atoms with Gasteiger partial charge < -0.3 is 17.4 Å². The summed E-state index contributed by atoms with van der Waals surface area (Å²) in [5, 5.41) is 2.07. The largest absolute Gasteiger partial charge is 0.475 e. The third-order valence-electron chi connectivity index (χ3n) is 3.24. The van der Waals surface area contributed by atoms with Crippen LogP contribution in [0.3, 0.4) is 0 Å². The highest BCUT2D eigenvalue weighted by molar-refractivity contribution is 6.95. The molecule has 0 N–H and O–H groups in total. The molecule has 0 heterocycles. The van der Waals surface area contributed by atoms with Gasteiger partial charge in [0.25, 0.3) is 0 Å². The molecule has 21 heavy (non-hydrogen) atoms. The van der Waals surface area contributed by atoms with Crippen molar-refractivity contribution in [2.45, 2.75) is 0 Å². The predicted molar refractivity (Wildman–Crippen MR) is 87.2 cm³/mol. The van der Waals surface area contributed by atoms with E-state index < -0.39 is 18.1 Å². The molecule has 0 unspecified atom stereocenters. The molecule has 0 atom stereocenters. The molecule has 2 aromatic rings. The number of hydrogen-bond acceptors (Lipinski definition) is 4. The minimum atomic E-state index is -2.81. The highest BCUT2D eigenvalue weighted by Crippen LogP contribution is 2.11. The van der Waals surface area contributed by atoms with Crippen molar-refractivity contribution in [1.29, 1.82) is 0 Å². The quantitative estimate of drug-likeness (QED) is 0.711. The van der Waals surface area contributed by atoms with Crippen molar-refractivity contribution in [3.8, 4) is 0 Å². The van der Waals surface area contributed by atoms with Crippen LogP contribution in [-0.4, -0.2) is 39.4 Å². The maximum Gasteiger partial charge on any atom is 0.475 e. The van der Waals surface area contributed by atoms with Gasteiger partial charge in [0.1, 0.15) is 0 Å². The molecule has 0 bridgehead atoms. The van der Waals surface area contributed by atoms with Crippen molar-refractivity contribution >= 4 is 28.5 Å². The number of rotatable bonds is 7. The topological polar surface area (TPSA) is 36.9 Å². The van der Waals surface area contributed by atoms with E-state index in [9.17, 15) is 0 Å². The van der Waals surface area contributed by atoms with Crippen LogP contribution in [-0.2, 0) is 17.4 Å². The zero-order valence-electron chi connectivity index (χ0n) is 12.5. The summed E-state index contributed by atoms with van der Waals surface area (Å²) < 4.78 is 22.9. The van der Waals surface area contributed by atoms with Gasteiger partial charge in [-0.2, -0.15) is 0 Å². The van der Waals surface area contributed by atoms with E-state index in [1.54, 1.807) is 21.3 Å². The van der Waals surface area contributed by atoms with Crippen LogP contribution >= 0.6 is 0 Å². The Morgan fingerprint density at radius 1 is 0.714 bits per heavy atom. The molecule has 0 aliphatic rings. The second-order valence-corrected chi connectivity index (χ2v) is 9.69. The molecule has 0 aromatic heterocycles. The van der Waals surface area contributed by atoms with E-state index in [2.05, 4.69) is 0 Å². The predicted octanol–water partition coefficient (Wildman–Crippen LogP) is 0.916. The fourth-order valence-electron chi connectivity index (χ4n) is 2.23. The molecule has 0 spiro atoms. The Labute approximate surface area is 128 Å². The van der Waals surface area contributed by atoms with Gasteiger partial charge >= 0.3 is 18.1 Å². The smallest absolute Gasteiger partial charge is 0.391 e. The fraction of sp³-hybridized carbons (Fsp3) is 0.200. The summed E-state index contributed by atoms with van der Waals surface area (Å²) in [5.41, 5.74) is 0. The molecule has 2 aromatic carbocycles. The minimum absolute atomic E-state index is 1.03. The molecule has 4 nitrogen and oxygen atoms in total. The second kappa shape index (κ2) is 7.65. The van der Waals surface area contributed by atoms with Gasteiger partial charge in [-0.25, -0.2) is 0 Å². The molecule has 0 amide bonds. The molecule has 0 fully saturated rings. The van der Waals surface area contributed by atoms with Gasteiger partial charge in [0, 0.05) is 21.3 Å². The maximum absolute atomic E-state index is 6.27. The third kappa shape index (κ3) is 3.49. The van der Waals surface area contributed by atoms with Gasteiger partial charge in [-0.05, 0) is 10.4 Å². The van der Waals surface area contributed by atoms with Crippen molar-refractivity contribution in [3.05, 3.63) is 60.7 Å². The molecule has 0 radical (unpaired) electrons. The first-order chi connectivity index (χ1) is 10.3. The SMILES string of the molecule is CO[SiH](OC)O[Si](OC)(c1ccccc1)c1ccccc1. The summed E-state index contributed by atoms with van der Waals surface area (Å²) in [6.07, 6.45) is 0. The molecular weight excluding hydrogens is 300 g/mol. The first-order valence-corrected chi connectivity index (χ1v) is 9.89. The zero-order chi connectivity index (χ0) is 15.1. The lowest BCUT2D eigenvalue weighted by atomic mass is 10.4. The first-order valence-electron chi connectivity index (χ1n) is 6.66. The minimum Gasteiger partial charge on any atom is -0.391 e. The van der Waals surface area contributed by atoms with Crippen LogP contribution in [0.5, 0.6) is 0 Å². The van der Waals surface area contributed by atoms with Crippen LogP contribution in [0.2, 0.25) is 0 Å². The average Bonchev–Trinajstić information content (AvgIpc) is 2.58. The number of benzene rings is 2. The van der Waals surface area contributed by atoms with E-state index in [4.69, 9.17) is 17.4 Å². The lowest BCUT2D eigenvalue weighted by Crippen LogP contribution is -2.65. The summed E-state index contributed by atoms with van der Waals surface area (Å²) in [5.74, 6) is 0. The highest BCUT2D eigenvalue weighted by Gasteiger charge is 2.44. The Bertz CT molecular complexity index is 492. The summed E-state index contributed by atoms with van der Waals surface area (Å²) in [6, 6.07) is 20.0.